The van der Waals surface area contributed by atoms with E-state index in [1.807, 2.05) is 32.0 Å². The molecule has 1 aromatic heterocycles. The largest absolute Gasteiger partial charge is 0.339 e. The van der Waals surface area contributed by atoms with Gasteiger partial charge in [0.15, 0.2) is 0 Å². The predicted octanol–water partition coefficient (Wildman–Crippen LogP) is 4.66. The van der Waals surface area contributed by atoms with E-state index in [0.717, 1.165) is 11.1 Å². The molecule has 144 valence electrons. The highest BCUT2D eigenvalue weighted by Crippen LogP contribution is 2.31. The zero-order chi connectivity index (χ0) is 19.8. The van der Waals surface area contributed by atoms with Crippen LogP contribution >= 0.6 is 11.6 Å². The molecule has 0 aliphatic carbocycles. The van der Waals surface area contributed by atoms with Crippen molar-refractivity contribution in [3.8, 4) is 11.4 Å². The van der Waals surface area contributed by atoms with Gasteiger partial charge in [-0.2, -0.15) is 4.98 Å². The van der Waals surface area contributed by atoms with Gasteiger partial charge < -0.3 is 9.42 Å². The van der Waals surface area contributed by atoms with Crippen LogP contribution in [0.2, 0.25) is 5.02 Å². The fourth-order valence-electron chi connectivity index (χ4n) is 3.34. The van der Waals surface area contributed by atoms with Gasteiger partial charge in [0.05, 0.1) is 5.92 Å². The summed E-state index contributed by atoms with van der Waals surface area (Å²) < 4.78 is 18.7. The Morgan fingerprint density at radius 1 is 1.21 bits per heavy atom. The highest BCUT2D eigenvalue weighted by Gasteiger charge is 2.34. The maximum Gasteiger partial charge on any atom is 0.232 e. The zero-order valence-electron chi connectivity index (χ0n) is 15.6. The molecular weight excluding hydrogens is 381 g/mol. The highest BCUT2D eigenvalue weighted by molar-refractivity contribution is 6.31. The summed E-state index contributed by atoms with van der Waals surface area (Å²) >= 11 is 6.09. The molecule has 3 aromatic rings. The standard InChI is InChI=1S/C21H19ClFN3O2/c1-12-3-4-14(7-13(12)2)20-24-21(28-25-20)16-8-19(27)26(11-16)10-15-5-6-17(23)9-18(15)22/h3-7,9,16H,8,10-11H2,1-2H3. The van der Waals surface area contributed by atoms with Gasteiger partial charge in [0.25, 0.3) is 0 Å². The summed E-state index contributed by atoms with van der Waals surface area (Å²) in [6.45, 7) is 4.87. The van der Waals surface area contributed by atoms with Crippen molar-refractivity contribution in [2.24, 2.45) is 0 Å². The van der Waals surface area contributed by atoms with E-state index in [9.17, 15) is 9.18 Å². The van der Waals surface area contributed by atoms with E-state index in [2.05, 4.69) is 10.1 Å². The first-order chi connectivity index (χ1) is 13.4. The van der Waals surface area contributed by atoms with Gasteiger partial charge in [0.2, 0.25) is 17.6 Å². The normalized spacial score (nSPS) is 16.8. The Morgan fingerprint density at radius 2 is 2.04 bits per heavy atom. The molecule has 5 nitrogen and oxygen atoms in total. The number of benzene rings is 2. The maximum atomic E-state index is 13.2. The van der Waals surface area contributed by atoms with Crippen molar-refractivity contribution in [3.05, 3.63) is 69.8 Å². The molecule has 1 fully saturated rings. The Kier molecular flexibility index (Phi) is 4.89. The second kappa shape index (κ2) is 7.36. The van der Waals surface area contributed by atoms with E-state index >= 15 is 0 Å². The average Bonchev–Trinajstić information content (AvgIpc) is 3.27. The van der Waals surface area contributed by atoms with Gasteiger partial charge in [0.1, 0.15) is 5.82 Å². The number of aryl methyl sites for hydroxylation is 2. The second-order valence-electron chi connectivity index (χ2n) is 7.17. The minimum atomic E-state index is -0.399. The maximum absolute atomic E-state index is 13.2. The average molecular weight is 400 g/mol. The van der Waals surface area contributed by atoms with Crippen LogP contribution in [0, 0.1) is 19.7 Å². The Hall–Kier alpha value is -2.73. The third-order valence-electron chi connectivity index (χ3n) is 5.15. The lowest BCUT2D eigenvalue weighted by Crippen LogP contribution is -2.24. The number of likely N-dealkylation sites (tertiary alicyclic amines) is 1. The van der Waals surface area contributed by atoms with Gasteiger partial charge in [-0.05, 0) is 48.7 Å². The second-order valence-corrected chi connectivity index (χ2v) is 7.57. The van der Waals surface area contributed by atoms with Crippen molar-refractivity contribution in [3.63, 3.8) is 0 Å². The lowest BCUT2D eigenvalue weighted by atomic mass is 10.1. The molecule has 0 bridgehead atoms. The molecule has 0 radical (unpaired) electrons. The van der Waals surface area contributed by atoms with Crippen LogP contribution in [0.3, 0.4) is 0 Å². The number of carbonyl (C=O) groups is 1. The lowest BCUT2D eigenvalue weighted by Gasteiger charge is -2.17. The Labute approximate surface area is 167 Å². The summed E-state index contributed by atoms with van der Waals surface area (Å²) in [4.78, 5) is 18.6. The van der Waals surface area contributed by atoms with Crippen LogP contribution in [0.25, 0.3) is 11.4 Å². The molecule has 0 spiro atoms. The van der Waals surface area contributed by atoms with Crippen LogP contribution in [0.1, 0.15) is 34.9 Å². The van der Waals surface area contributed by atoms with E-state index in [1.54, 1.807) is 11.0 Å². The van der Waals surface area contributed by atoms with Crippen molar-refractivity contribution in [2.75, 3.05) is 6.54 Å². The Morgan fingerprint density at radius 3 is 2.79 bits per heavy atom. The summed E-state index contributed by atoms with van der Waals surface area (Å²) in [6.07, 6.45) is 0.299. The first-order valence-electron chi connectivity index (χ1n) is 9.03. The third-order valence-corrected chi connectivity index (χ3v) is 5.50. The highest BCUT2D eigenvalue weighted by atomic mass is 35.5. The van der Waals surface area contributed by atoms with Crippen molar-refractivity contribution in [1.82, 2.24) is 15.0 Å². The molecule has 1 aliphatic rings. The van der Waals surface area contributed by atoms with Gasteiger partial charge in [-0.25, -0.2) is 4.39 Å². The molecular formula is C21H19ClFN3O2. The predicted molar refractivity (Wildman–Crippen MR) is 103 cm³/mol. The van der Waals surface area contributed by atoms with E-state index in [0.29, 0.717) is 41.8 Å². The van der Waals surface area contributed by atoms with Crippen LogP contribution < -0.4 is 0 Å². The number of aromatic nitrogens is 2. The van der Waals surface area contributed by atoms with Crippen molar-refractivity contribution < 1.29 is 13.7 Å². The first kappa shape index (κ1) is 18.6. The minimum Gasteiger partial charge on any atom is -0.339 e. The van der Waals surface area contributed by atoms with Crippen molar-refractivity contribution in [1.29, 1.82) is 0 Å². The minimum absolute atomic E-state index is 0.0173. The zero-order valence-corrected chi connectivity index (χ0v) is 16.3. The fraction of sp³-hybridized carbons (Fsp3) is 0.286. The number of halogens is 2. The van der Waals surface area contributed by atoms with Gasteiger partial charge in [-0.1, -0.05) is 35.0 Å². The topological polar surface area (TPSA) is 59.2 Å². The van der Waals surface area contributed by atoms with E-state index in [1.165, 1.54) is 17.7 Å². The number of amides is 1. The van der Waals surface area contributed by atoms with Gasteiger partial charge in [-0.3, -0.25) is 4.79 Å². The third kappa shape index (κ3) is 3.64. The molecule has 28 heavy (non-hydrogen) atoms. The molecule has 4 rings (SSSR count). The molecule has 1 saturated heterocycles. The van der Waals surface area contributed by atoms with Gasteiger partial charge in [-0.15, -0.1) is 0 Å². The summed E-state index contributed by atoms with van der Waals surface area (Å²) in [6, 6.07) is 10.2. The van der Waals surface area contributed by atoms with Crippen molar-refractivity contribution in [2.45, 2.75) is 32.7 Å². The fourth-order valence-corrected chi connectivity index (χ4v) is 3.57. The monoisotopic (exact) mass is 399 g/mol. The number of carbonyl (C=O) groups excluding carboxylic acids is 1. The summed E-state index contributed by atoms with van der Waals surface area (Å²) in [5.74, 6) is 0.389. The molecule has 1 atom stereocenters. The molecule has 7 heteroatoms. The van der Waals surface area contributed by atoms with Crippen LogP contribution in [-0.4, -0.2) is 27.5 Å². The number of hydrogen-bond acceptors (Lipinski definition) is 4. The van der Waals surface area contributed by atoms with Crippen LogP contribution in [0.5, 0.6) is 0 Å². The molecule has 1 unspecified atom stereocenters. The molecule has 1 aliphatic heterocycles. The summed E-state index contributed by atoms with van der Waals surface area (Å²) in [5.41, 5.74) is 3.95. The first-order valence-corrected chi connectivity index (χ1v) is 9.41. The molecule has 2 aromatic carbocycles. The summed E-state index contributed by atoms with van der Waals surface area (Å²) in [5, 5.41) is 4.39. The van der Waals surface area contributed by atoms with Crippen LogP contribution in [0.15, 0.2) is 40.9 Å². The van der Waals surface area contributed by atoms with Gasteiger partial charge in [0, 0.05) is 30.1 Å². The van der Waals surface area contributed by atoms with E-state index in [4.69, 9.17) is 16.1 Å². The smallest absolute Gasteiger partial charge is 0.232 e. The van der Waals surface area contributed by atoms with E-state index in [-0.39, 0.29) is 11.8 Å². The van der Waals surface area contributed by atoms with Gasteiger partial charge >= 0.3 is 0 Å². The van der Waals surface area contributed by atoms with E-state index < -0.39 is 5.82 Å². The lowest BCUT2D eigenvalue weighted by molar-refractivity contribution is -0.128. The molecule has 1 amide bonds. The number of rotatable bonds is 4. The van der Waals surface area contributed by atoms with Crippen LogP contribution in [0.4, 0.5) is 4.39 Å². The Balaban J connectivity index is 1.49. The van der Waals surface area contributed by atoms with Crippen molar-refractivity contribution >= 4 is 17.5 Å². The number of nitrogens with zero attached hydrogens (tertiary/aromatic N) is 3. The summed E-state index contributed by atoms with van der Waals surface area (Å²) in [7, 11) is 0. The molecule has 2 heterocycles. The SMILES string of the molecule is Cc1ccc(-c2noc(C3CC(=O)N(Cc4ccc(F)cc4Cl)C3)n2)cc1C. The Bertz CT molecular complexity index is 1050. The van der Waals surface area contributed by atoms with Crippen LogP contribution in [-0.2, 0) is 11.3 Å². The molecule has 0 saturated carbocycles. The number of hydrogen-bond donors (Lipinski definition) is 0. The molecule has 0 N–H and O–H groups in total. The quantitative estimate of drug-likeness (QED) is 0.640.